The maximum atomic E-state index is 11.6. The molecule has 0 saturated heterocycles. The zero-order valence-corrected chi connectivity index (χ0v) is 9.32. The standard InChI is InChI=1S/C12H16O3/c1-9(14-2)11(13)8-10-6-4-5-7-12(10)15-3/h4-7,9H,8H2,1-3H3. The molecule has 0 saturated carbocycles. The van der Waals surface area contributed by atoms with Crippen molar-refractivity contribution in [3.8, 4) is 5.75 Å². The highest BCUT2D eigenvalue weighted by atomic mass is 16.5. The third-order valence-corrected chi connectivity index (χ3v) is 2.36. The first kappa shape index (κ1) is 11.7. The molecule has 1 aromatic rings. The molecule has 0 fully saturated rings. The minimum atomic E-state index is -0.366. The number of methoxy groups -OCH3 is 2. The van der Waals surface area contributed by atoms with Crippen LogP contribution in [0.4, 0.5) is 0 Å². The molecule has 0 amide bonds. The molecule has 1 atom stereocenters. The predicted molar refractivity (Wildman–Crippen MR) is 58.2 cm³/mol. The van der Waals surface area contributed by atoms with E-state index in [1.807, 2.05) is 24.3 Å². The van der Waals surface area contributed by atoms with Gasteiger partial charge in [-0.3, -0.25) is 4.79 Å². The number of ether oxygens (including phenoxy) is 2. The van der Waals surface area contributed by atoms with E-state index >= 15 is 0 Å². The summed E-state index contributed by atoms with van der Waals surface area (Å²) >= 11 is 0. The van der Waals surface area contributed by atoms with E-state index in [4.69, 9.17) is 9.47 Å². The van der Waals surface area contributed by atoms with Crippen LogP contribution in [-0.4, -0.2) is 26.1 Å². The quantitative estimate of drug-likeness (QED) is 0.740. The molecular weight excluding hydrogens is 192 g/mol. The molecule has 0 spiro atoms. The number of benzene rings is 1. The van der Waals surface area contributed by atoms with Crippen LogP contribution in [0.3, 0.4) is 0 Å². The number of carbonyl (C=O) groups excluding carboxylic acids is 1. The first-order valence-electron chi connectivity index (χ1n) is 4.86. The topological polar surface area (TPSA) is 35.5 Å². The third-order valence-electron chi connectivity index (χ3n) is 2.36. The second kappa shape index (κ2) is 5.51. The fourth-order valence-corrected chi connectivity index (χ4v) is 1.31. The maximum absolute atomic E-state index is 11.6. The van der Waals surface area contributed by atoms with E-state index in [0.717, 1.165) is 11.3 Å². The second-order valence-electron chi connectivity index (χ2n) is 3.33. The van der Waals surface area contributed by atoms with Crippen molar-refractivity contribution in [3.63, 3.8) is 0 Å². The van der Waals surface area contributed by atoms with Crippen LogP contribution in [0.1, 0.15) is 12.5 Å². The first-order valence-corrected chi connectivity index (χ1v) is 4.86. The highest BCUT2D eigenvalue weighted by Gasteiger charge is 2.14. The van der Waals surface area contributed by atoms with Crippen molar-refractivity contribution in [1.82, 2.24) is 0 Å². The zero-order chi connectivity index (χ0) is 11.3. The Balaban J connectivity index is 2.76. The van der Waals surface area contributed by atoms with Crippen LogP contribution in [-0.2, 0) is 16.0 Å². The summed E-state index contributed by atoms with van der Waals surface area (Å²) in [5.74, 6) is 0.802. The molecule has 3 heteroatoms. The molecule has 0 bridgehead atoms. The number of hydrogen-bond donors (Lipinski definition) is 0. The average molecular weight is 208 g/mol. The number of rotatable bonds is 5. The Kier molecular flexibility index (Phi) is 4.31. The largest absolute Gasteiger partial charge is 0.496 e. The molecule has 0 aliphatic heterocycles. The van der Waals surface area contributed by atoms with E-state index in [-0.39, 0.29) is 11.9 Å². The summed E-state index contributed by atoms with van der Waals surface area (Å²) in [6, 6.07) is 7.51. The average Bonchev–Trinajstić information content (AvgIpc) is 2.28. The van der Waals surface area contributed by atoms with Gasteiger partial charge >= 0.3 is 0 Å². The van der Waals surface area contributed by atoms with Crippen LogP contribution >= 0.6 is 0 Å². The van der Waals surface area contributed by atoms with Crippen molar-refractivity contribution in [2.24, 2.45) is 0 Å². The van der Waals surface area contributed by atoms with Crippen molar-refractivity contribution in [2.45, 2.75) is 19.4 Å². The summed E-state index contributed by atoms with van der Waals surface area (Å²) in [6.07, 6.45) is -0.0196. The zero-order valence-electron chi connectivity index (χ0n) is 9.32. The molecule has 0 N–H and O–H groups in total. The van der Waals surface area contributed by atoms with Crippen LogP contribution in [0.5, 0.6) is 5.75 Å². The summed E-state index contributed by atoms with van der Waals surface area (Å²) in [6.45, 7) is 1.75. The number of carbonyl (C=O) groups is 1. The summed E-state index contributed by atoms with van der Waals surface area (Å²) < 4.78 is 10.1. The maximum Gasteiger partial charge on any atom is 0.165 e. The van der Waals surface area contributed by atoms with E-state index in [2.05, 4.69) is 0 Å². The molecule has 1 rings (SSSR count). The lowest BCUT2D eigenvalue weighted by molar-refractivity contribution is -0.127. The Bertz CT molecular complexity index is 333. The van der Waals surface area contributed by atoms with Gasteiger partial charge in [-0.2, -0.15) is 0 Å². The minimum Gasteiger partial charge on any atom is -0.496 e. The van der Waals surface area contributed by atoms with Gasteiger partial charge in [-0.25, -0.2) is 0 Å². The summed E-state index contributed by atoms with van der Waals surface area (Å²) in [4.78, 5) is 11.6. The van der Waals surface area contributed by atoms with Crippen molar-refractivity contribution in [1.29, 1.82) is 0 Å². The van der Waals surface area contributed by atoms with Gasteiger partial charge in [-0.1, -0.05) is 18.2 Å². The number of para-hydroxylation sites is 1. The Labute approximate surface area is 90.0 Å². The monoisotopic (exact) mass is 208 g/mol. The SMILES string of the molecule is COc1ccccc1CC(=O)C(C)OC. The number of hydrogen-bond acceptors (Lipinski definition) is 3. The molecule has 15 heavy (non-hydrogen) atoms. The van der Waals surface area contributed by atoms with Gasteiger partial charge in [0.2, 0.25) is 0 Å². The Morgan fingerprint density at radius 1 is 1.33 bits per heavy atom. The van der Waals surface area contributed by atoms with Crippen molar-refractivity contribution < 1.29 is 14.3 Å². The Morgan fingerprint density at radius 3 is 2.60 bits per heavy atom. The normalized spacial score (nSPS) is 12.2. The lowest BCUT2D eigenvalue weighted by atomic mass is 10.1. The van der Waals surface area contributed by atoms with Gasteiger partial charge in [-0.05, 0) is 13.0 Å². The van der Waals surface area contributed by atoms with Gasteiger partial charge in [0.15, 0.2) is 5.78 Å². The fourth-order valence-electron chi connectivity index (χ4n) is 1.31. The predicted octanol–water partition coefficient (Wildman–Crippen LogP) is 1.84. The van der Waals surface area contributed by atoms with Gasteiger partial charge < -0.3 is 9.47 Å². The van der Waals surface area contributed by atoms with Crippen LogP contribution < -0.4 is 4.74 Å². The summed E-state index contributed by atoms with van der Waals surface area (Å²) in [5, 5.41) is 0. The van der Waals surface area contributed by atoms with Gasteiger partial charge in [0.1, 0.15) is 11.9 Å². The van der Waals surface area contributed by atoms with Crippen LogP contribution in [0.2, 0.25) is 0 Å². The molecule has 3 nitrogen and oxygen atoms in total. The fraction of sp³-hybridized carbons (Fsp3) is 0.417. The molecule has 1 unspecified atom stereocenters. The highest BCUT2D eigenvalue weighted by molar-refractivity contribution is 5.85. The number of Topliss-reactive ketones (excluding diaryl/α,β-unsaturated/α-hetero) is 1. The molecule has 0 radical (unpaired) electrons. The first-order chi connectivity index (χ1) is 7.19. The van der Waals surface area contributed by atoms with E-state index in [9.17, 15) is 4.79 Å². The van der Waals surface area contributed by atoms with Crippen molar-refractivity contribution >= 4 is 5.78 Å². The lowest BCUT2D eigenvalue weighted by Crippen LogP contribution is -2.21. The van der Waals surface area contributed by atoms with Gasteiger partial charge in [-0.15, -0.1) is 0 Å². The second-order valence-corrected chi connectivity index (χ2v) is 3.33. The van der Waals surface area contributed by atoms with Crippen molar-refractivity contribution in [3.05, 3.63) is 29.8 Å². The molecular formula is C12H16O3. The van der Waals surface area contributed by atoms with E-state index in [0.29, 0.717) is 6.42 Å². The molecule has 1 aromatic carbocycles. The molecule has 0 aliphatic rings. The van der Waals surface area contributed by atoms with E-state index in [1.54, 1.807) is 14.0 Å². The Hall–Kier alpha value is -1.35. The molecule has 0 aromatic heterocycles. The van der Waals surface area contributed by atoms with Gasteiger partial charge in [0.25, 0.3) is 0 Å². The minimum absolute atomic E-state index is 0.0574. The third kappa shape index (κ3) is 3.06. The van der Waals surface area contributed by atoms with Crippen LogP contribution in [0, 0.1) is 0 Å². The highest BCUT2D eigenvalue weighted by Crippen LogP contribution is 2.18. The summed E-state index contributed by atoms with van der Waals surface area (Å²) in [5.41, 5.74) is 0.897. The summed E-state index contributed by atoms with van der Waals surface area (Å²) in [7, 11) is 3.13. The number of ketones is 1. The lowest BCUT2D eigenvalue weighted by Gasteiger charge is -2.10. The van der Waals surface area contributed by atoms with Gasteiger partial charge in [0, 0.05) is 19.1 Å². The smallest absolute Gasteiger partial charge is 0.165 e. The molecule has 82 valence electrons. The van der Waals surface area contributed by atoms with E-state index in [1.165, 1.54) is 7.11 Å². The van der Waals surface area contributed by atoms with Crippen LogP contribution in [0.25, 0.3) is 0 Å². The molecule has 0 aliphatic carbocycles. The van der Waals surface area contributed by atoms with Crippen LogP contribution in [0.15, 0.2) is 24.3 Å². The molecule has 0 heterocycles. The Morgan fingerprint density at radius 2 is 2.00 bits per heavy atom. The van der Waals surface area contributed by atoms with E-state index < -0.39 is 0 Å². The van der Waals surface area contributed by atoms with Crippen molar-refractivity contribution in [2.75, 3.05) is 14.2 Å². The van der Waals surface area contributed by atoms with Gasteiger partial charge in [0.05, 0.1) is 7.11 Å².